The number of halogens is 1. The maximum absolute atomic E-state index is 13.6. The molecule has 3 amide bonds. The number of nitrogens with zero attached hydrogens (tertiary/aromatic N) is 3. The number of amides is 3. The second kappa shape index (κ2) is 12.3. The molecule has 0 unspecified atom stereocenters. The summed E-state index contributed by atoms with van der Waals surface area (Å²) in [7, 11) is 1.55. The molecule has 0 spiro atoms. The summed E-state index contributed by atoms with van der Waals surface area (Å²) in [6.45, 7) is 2.08. The van der Waals surface area contributed by atoms with Gasteiger partial charge in [-0.1, -0.05) is 49.0 Å². The zero-order valence-corrected chi connectivity index (χ0v) is 23.3. The van der Waals surface area contributed by atoms with Crippen LogP contribution in [0.25, 0.3) is 0 Å². The van der Waals surface area contributed by atoms with Gasteiger partial charge in [-0.3, -0.25) is 19.4 Å². The van der Waals surface area contributed by atoms with Crippen molar-refractivity contribution in [3.63, 3.8) is 0 Å². The van der Waals surface area contributed by atoms with E-state index in [0.717, 1.165) is 5.56 Å². The third-order valence-corrected chi connectivity index (χ3v) is 7.89. The highest BCUT2D eigenvalue weighted by molar-refractivity contribution is 8.15. The molecule has 5 rings (SSSR count). The lowest BCUT2D eigenvalue weighted by Crippen LogP contribution is -2.43. The Kier molecular flexibility index (Phi) is 8.44. The smallest absolute Gasteiger partial charge is 0.259 e. The minimum atomic E-state index is -0.944. The predicted molar refractivity (Wildman–Crippen MR) is 157 cm³/mol. The van der Waals surface area contributed by atoms with E-state index in [0.29, 0.717) is 40.1 Å². The predicted octanol–water partition coefficient (Wildman–Crippen LogP) is 4.65. The van der Waals surface area contributed by atoms with Crippen LogP contribution in [-0.2, 0) is 20.9 Å². The summed E-state index contributed by atoms with van der Waals surface area (Å²) < 4.78 is 18.4. The molecular weight excluding hydrogens is 545 g/mol. The fraction of sp³-hybridized carbons (Fsp3) is 0.233. The number of anilines is 1. The topological polar surface area (TPSA) is 112 Å². The van der Waals surface area contributed by atoms with Crippen LogP contribution in [0.3, 0.4) is 0 Å². The Labute approximate surface area is 240 Å². The van der Waals surface area contributed by atoms with Crippen LogP contribution in [0.2, 0.25) is 0 Å². The molecular formula is C30H28FN5O4S. The zero-order valence-electron chi connectivity index (χ0n) is 22.5. The monoisotopic (exact) mass is 573 g/mol. The fourth-order valence-corrected chi connectivity index (χ4v) is 5.46. The molecule has 2 heterocycles. The number of methoxy groups -OCH3 is 1. The number of thioether (sulfide) groups is 1. The van der Waals surface area contributed by atoms with Gasteiger partial charge in [-0.25, -0.2) is 14.3 Å². The number of aliphatic imine (C=N–C) groups is 2. The van der Waals surface area contributed by atoms with Crippen LogP contribution in [0, 0.1) is 5.82 Å². The minimum Gasteiger partial charge on any atom is -0.497 e. The molecule has 0 aliphatic carbocycles. The van der Waals surface area contributed by atoms with Gasteiger partial charge in [0.15, 0.2) is 5.17 Å². The van der Waals surface area contributed by atoms with E-state index in [-0.39, 0.29) is 36.5 Å². The highest BCUT2D eigenvalue weighted by Gasteiger charge is 2.43. The van der Waals surface area contributed by atoms with Crippen molar-refractivity contribution in [2.24, 2.45) is 9.98 Å². The molecule has 0 fully saturated rings. The second-order valence-electron chi connectivity index (χ2n) is 9.40. The van der Waals surface area contributed by atoms with E-state index in [2.05, 4.69) is 15.6 Å². The van der Waals surface area contributed by atoms with Gasteiger partial charge in [-0.2, -0.15) is 0 Å². The lowest BCUT2D eigenvalue weighted by atomic mass is 10.1. The average molecular weight is 574 g/mol. The number of rotatable bonds is 9. The van der Waals surface area contributed by atoms with Gasteiger partial charge < -0.3 is 15.4 Å². The largest absolute Gasteiger partial charge is 0.497 e. The van der Waals surface area contributed by atoms with E-state index in [9.17, 15) is 18.8 Å². The summed E-state index contributed by atoms with van der Waals surface area (Å²) in [5.41, 5.74) is 2.63. The van der Waals surface area contributed by atoms with E-state index in [1.54, 1.807) is 43.5 Å². The van der Waals surface area contributed by atoms with Crippen LogP contribution in [0.15, 0.2) is 82.8 Å². The van der Waals surface area contributed by atoms with Crippen molar-refractivity contribution in [2.75, 3.05) is 12.4 Å². The van der Waals surface area contributed by atoms with Gasteiger partial charge in [0, 0.05) is 23.9 Å². The summed E-state index contributed by atoms with van der Waals surface area (Å²) in [6.07, 6.45) is 0.318. The third kappa shape index (κ3) is 6.30. The number of nitrogens with one attached hydrogen (secondary N) is 2. The molecule has 2 N–H and O–H groups in total. The van der Waals surface area contributed by atoms with Crippen LogP contribution >= 0.6 is 11.8 Å². The fourth-order valence-electron chi connectivity index (χ4n) is 4.44. The molecule has 0 bridgehead atoms. The van der Waals surface area contributed by atoms with Crippen LogP contribution in [0.5, 0.6) is 5.75 Å². The van der Waals surface area contributed by atoms with Crippen LogP contribution in [-0.4, -0.2) is 52.0 Å². The molecule has 0 aromatic heterocycles. The summed E-state index contributed by atoms with van der Waals surface area (Å²) in [4.78, 5) is 50.3. The Morgan fingerprint density at radius 1 is 1.10 bits per heavy atom. The average Bonchev–Trinajstić information content (AvgIpc) is 3.31. The van der Waals surface area contributed by atoms with E-state index in [1.807, 2.05) is 31.2 Å². The summed E-state index contributed by atoms with van der Waals surface area (Å²) in [6, 6.07) is 19.2. The second-order valence-corrected chi connectivity index (χ2v) is 10.6. The van der Waals surface area contributed by atoms with Gasteiger partial charge in [-0.05, 0) is 48.4 Å². The van der Waals surface area contributed by atoms with E-state index < -0.39 is 11.3 Å². The normalized spacial score (nSPS) is 16.2. The van der Waals surface area contributed by atoms with Gasteiger partial charge in [0.2, 0.25) is 11.8 Å². The van der Waals surface area contributed by atoms with Crippen molar-refractivity contribution >= 4 is 51.9 Å². The number of fused-ring (bicyclic) bond motifs is 3. The molecule has 2 aliphatic rings. The molecule has 3 aromatic rings. The summed E-state index contributed by atoms with van der Waals surface area (Å²) >= 11 is 1.18. The number of carbonyl (C=O) groups is 3. The van der Waals surface area contributed by atoms with Crippen LogP contribution in [0.4, 0.5) is 15.8 Å². The van der Waals surface area contributed by atoms with Crippen LogP contribution in [0.1, 0.15) is 30.9 Å². The van der Waals surface area contributed by atoms with Crippen molar-refractivity contribution in [3.8, 4) is 5.75 Å². The Morgan fingerprint density at radius 2 is 1.88 bits per heavy atom. The maximum Gasteiger partial charge on any atom is 0.259 e. The number of carbonyl (C=O) groups excluding carboxylic acids is 3. The van der Waals surface area contributed by atoms with Gasteiger partial charge in [0.25, 0.3) is 5.91 Å². The lowest BCUT2D eigenvalue weighted by Gasteiger charge is -2.27. The highest BCUT2D eigenvalue weighted by atomic mass is 32.2. The first-order chi connectivity index (χ1) is 19.9. The first-order valence-corrected chi connectivity index (χ1v) is 14.0. The summed E-state index contributed by atoms with van der Waals surface area (Å²) in [5, 5.41) is 5.45. The Bertz CT molecular complexity index is 1540. The highest BCUT2D eigenvalue weighted by Crippen LogP contribution is 2.36. The van der Waals surface area contributed by atoms with Gasteiger partial charge >= 0.3 is 0 Å². The number of para-hydroxylation sites is 1. The molecule has 41 heavy (non-hydrogen) atoms. The Balaban J connectivity index is 1.32. The van der Waals surface area contributed by atoms with Crippen molar-refractivity contribution in [2.45, 2.75) is 37.6 Å². The first-order valence-electron chi connectivity index (χ1n) is 13.1. The Morgan fingerprint density at radius 3 is 2.63 bits per heavy atom. The number of benzene rings is 3. The first kappa shape index (κ1) is 28.0. The van der Waals surface area contributed by atoms with E-state index in [4.69, 9.17) is 9.73 Å². The van der Waals surface area contributed by atoms with Crippen molar-refractivity contribution in [1.29, 1.82) is 0 Å². The Hall–Kier alpha value is -4.51. The quantitative estimate of drug-likeness (QED) is 0.387. The SMILES string of the molecule is CC[C@H](SC1=Nc2ccccc2C2=N[C@@H](CC(=O)NCc3ccc(F)cc3)C(=O)N12)C(=O)Nc1cccc(OC)c1. The van der Waals surface area contributed by atoms with Gasteiger partial charge in [-0.15, -0.1) is 0 Å². The van der Waals surface area contributed by atoms with Gasteiger partial charge in [0.1, 0.15) is 23.4 Å². The van der Waals surface area contributed by atoms with Crippen molar-refractivity contribution in [1.82, 2.24) is 10.2 Å². The van der Waals surface area contributed by atoms with E-state index in [1.165, 1.54) is 28.8 Å². The molecule has 9 nitrogen and oxygen atoms in total. The van der Waals surface area contributed by atoms with Crippen LogP contribution < -0.4 is 15.4 Å². The molecule has 2 atom stereocenters. The number of ether oxygens (including phenoxy) is 1. The van der Waals surface area contributed by atoms with Crippen molar-refractivity contribution in [3.05, 3.63) is 89.7 Å². The molecule has 3 aromatic carbocycles. The minimum absolute atomic E-state index is 0.159. The van der Waals surface area contributed by atoms with E-state index >= 15 is 0 Å². The maximum atomic E-state index is 13.6. The third-order valence-electron chi connectivity index (χ3n) is 6.58. The molecule has 0 radical (unpaired) electrons. The zero-order chi connectivity index (χ0) is 28.9. The standard InChI is InChI=1S/C30H28FN5O4S/c1-3-25(28(38)33-20-7-6-8-21(15-20)40-2)41-30-35-23-10-5-4-9-22(23)27-34-24(29(39)36(27)30)16-26(37)32-17-18-11-13-19(31)14-12-18/h4-15,24-25H,3,16-17H2,1-2H3,(H,32,37)(H,33,38)/t24-,25-/m0/s1. The number of amidine groups is 2. The number of hydrogen-bond donors (Lipinski definition) is 2. The molecule has 0 saturated carbocycles. The molecule has 0 saturated heterocycles. The molecule has 11 heteroatoms. The number of hydrogen-bond acceptors (Lipinski definition) is 7. The molecule has 210 valence electrons. The van der Waals surface area contributed by atoms with Crippen molar-refractivity contribution < 1.29 is 23.5 Å². The lowest BCUT2D eigenvalue weighted by molar-refractivity contribution is -0.128. The molecule has 2 aliphatic heterocycles. The summed E-state index contributed by atoms with van der Waals surface area (Å²) in [5.74, 6) is -0.325. The van der Waals surface area contributed by atoms with Gasteiger partial charge in [0.05, 0.1) is 24.5 Å².